The highest BCUT2D eigenvalue weighted by Crippen LogP contribution is 2.31. The molecule has 3 aromatic rings. The van der Waals surface area contributed by atoms with E-state index >= 15 is 0 Å². The first-order valence-electron chi connectivity index (χ1n) is 11.1. The highest BCUT2D eigenvalue weighted by molar-refractivity contribution is 7.89. The fourth-order valence-corrected chi connectivity index (χ4v) is 5.41. The van der Waals surface area contributed by atoms with Gasteiger partial charge in [-0.3, -0.25) is 4.79 Å². The van der Waals surface area contributed by atoms with Gasteiger partial charge in [0.1, 0.15) is 0 Å². The molecule has 174 valence electrons. The number of sulfonamides is 1. The number of piperidine rings is 1. The van der Waals surface area contributed by atoms with Crippen LogP contribution in [0.2, 0.25) is 0 Å². The molecule has 0 spiro atoms. The minimum atomic E-state index is -3.59. The lowest BCUT2D eigenvalue weighted by Crippen LogP contribution is -2.39. The molecule has 0 saturated carbocycles. The summed E-state index contributed by atoms with van der Waals surface area (Å²) in [5, 5.41) is 6.96. The van der Waals surface area contributed by atoms with Gasteiger partial charge < -0.3 is 9.84 Å². The largest absolute Gasteiger partial charge is 0.350 e. The summed E-state index contributed by atoms with van der Waals surface area (Å²) < 4.78 is 33.2. The molecule has 2 heterocycles. The van der Waals surface area contributed by atoms with Crippen LogP contribution in [0, 0.1) is 6.92 Å². The van der Waals surface area contributed by atoms with Gasteiger partial charge in [0, 0.05) is 30.3 Å². The van der Waals surface area contributed by atoms with E-state index in [4.69, 9.17) is 4.52 Å². The van der Waals surface area contributed by atoms with Crippen LogP contribution in [0.15, 0.2) is 57.9 Å². The first-order valence-corrected chi connectivity index (χ1v) is 12.5. The second-order valence-electron chi connectivity index (χ2n) is 8.68. The molecule has 1 fully saturated rings. The molecule has 4 rings (SSSR count). The Morgan fingerprint density at radius 2 is 1.94 bits per heavy atom. The third kappa shape index (κ3) is 5.15. The maximum atomic E-state index is 13.1. The molecule has 1 amide bonds. The Hall–Kier alpha value is -3.04. The molecule has 1 aromatic heterocycles. The predicted octanol–water partition coefficient (Wildman–Crippen LogP) is 3.75. The van der Waals surface area contributed by atoms with Gasteiger partial charge in [-0.1, -0.05) is 35.0 Å². The number of amides is 1. The molecule has 1 saturated heterocycles. The van der Waals surface area contributed by atoms with Gasteiger partial charge in [0.2, 0.25) is 21.7 Å². The van der Waals surface area contributed by atoms with Crippen molar-refractivity contribution in [2.75, 3.05) is 13.1 Å². The summed E-state index contributed by atoms with van der Waals surface area (Å²) in [7, 11) is -3.59. The molecule has 0 radical (unpaired) electrons. The number of nitrogens with zero attached hydrogens (tertiary/aromatic N) is 3. The first-order chi connectivity index (χ1) is 15.7. The van der Waals surface area contributed by atoms with E-state index < -0.39 is 10.0 Å². The SMILES string of the molecule is Cc1ccc(S(=O)(=O)N2CCCC(c3nc(-c4cccc(C(=O)NC(C)C)c4)no3)C2)cc1. The number of aromatic nitrogens is 2. The number of aryl methyl sites for hydroxylation is 1. The van der Waals surface area contributed by atoms with E-state index in [1.165, 1.54) is 4.31 Å². The number of nitrogens with one attached hydrogen (secondary N) is 1. The molecule has 1 N–H and O–H groups in total. The van der Waals surface area contributed by atoms with Crippen LogP contribution in [0.25, 0.3) is 11.4 Å². The van der Waals surface area contributed by atoms with Crippen LogP contribution in [0.3, 0.4) is 0 Å². The van der Waals surface area contributed by atoms with Crippen LogP contribution in [0.1, 0.15) is 54.4 Å². The fourth-order valence-electron chi connectivity index (χ4n) is 3.88. The molecule has 8 nitrogen and oxygen atoms in total. The summed E-state index contributed by atoms with van der Waals surface area (Å²) in [6.45, 7) is 6.47. The Balaban J connectivity index is 1.52. The zero-order chi connectivity index (χ0) is 23.6. The van der Waals surface area contributed by atoms with Gasteiger partial charge in [-0.25, -0.2) is 8.42 Å². The quantitative estimate of drug-likeness (QED) is 0.591. The van der Waals surface area contributed by atoms with Crippen LogP contribution in [0.5, 0.6) is 0 Å². The minimum absolute atomic E-state index is 0.0309. The minimum Gasteiger partial charge on any atom is -0.350 e. The number of rotatable bonds is 6. The first kappa shape index (κ1) is 23.1. The summed E-state index contributed by atoms with van der Waals surface area (Å²) in [4.78, 5) is 17.1. The van der Waals surface area contributed by atoms with Crippen molar-refractivity contribution in [3.63, 3.8) is 0 Å². The monoisotopic (exact) mass is 468 g/mol. The van der Waals surface area contributed by atoms with Crippen molar-refractivity contribution in [2.24, 2.45) is 0 Å². The summed E-state index contributed by atoms with van der Waals surface area (Å²) in [5.74, 6) is 0.431. The molecule has 33 heavy (non-hydrogen) atoms. The second-order valence-corrected chi connectivity index (χ2v) is 10.6. The molecule has 1 aliphatic heterocycles. The third-order valence-electron chi connectivity index (χ3n) is 5.64. The lowest BCUT2D eigenvalue weighted by molar-refractivity contribution is 0.0943. The topological polar surface area (TPSA) is 105 Å². The van der Waals surface area contributed by atoms with Crippen LogP contribution in [0.4, 0.5) is 0 Å². The van der Waals surface area contributed by atoms with E-state index in [0.717, 1.165) is 12.0 Å². The van der Waals surface area contributed by atoms with Crippen molar-refractivity contribution in [3.05, 3.63) is 65.5 Å². The van der Waals surface area contributed by atoms with Crippen molar-refractivity contribution in [2.45, 2.75) is 50.5 Å². The Morgan fingerprint density at radius 1 is 1.18 bits per heavy atom. The summed E-state index contributed by atoms with van der Waals surface area (Å²) in [6, 6.07) is 14.0. The van der Waals surface area contributed by atoms with Crippen molar-refractivity contribution in [1.82, 2.24) is 19.8 Å². The summed E-state index contributed by atoms with van der Waals surface area (Å²) in [6.07, 6.45) is 1.47. The average molecular weight is 469 g/mol. The molecular formula is C24H28N4O4S. The number of carbonyl (C=O) groups is 1. The lowest BCUT2D eigenvalue weighted by atomic mass is 10.00. The van der Waals surface area contributed by atoms with E-state index in [-0.39, 0.29) is 29.3 Å². The van der Waals surface area contributed by atoms with Crippen molar-refractivity contribution < 1.29 is 17.7 Å². The van der Waals surface area contributed by atoms with E-state index in [9.17, 15) is 13.2 Å². The number of hydrogen-bond acceptors (Lipinski definition) is 6. The molecule has 1 atom stereocenters. The summed E-state index contributed by atoms with van der Waals surface area (Å²) >= 11 is 0. The van der Waals surface area contributed by atoms with Gasteiger partial charge >= 0.3 is 0 Å². The van der Waals surface area contributed by atoms with Crippen LogP contribution >= 0.6 is 0 Å². The third-order valence-corrected chi connectivity index (χ3v) is 7.52. The molecule has 1 aliphatic rings. The Morgan fingerprint density at radius 3 is 2.67 bits per heavy atom. The highest BCUT2D eigenvalue weighted by atomic mass is 32.2. The summed E-state index contributed by atoms with van der Waals surface area (Å²) in [5.41, 5.74) is 2.19. The smallest absolute Gasteiger partial charge is 0.251 e. The molecular weight excluding hydrogens is 440 g/mol. The van der Waals surface area contributed by atoms with Crippen molar-refractivity contribution >= 4 is 15.9 Å². The normalized spacial score (nSPS) is 17.3. The van der Waals surface area contributed by atoms with Gasteiger partial charge in [-0.2, -0.15) is 9.29 Å². The number of carbonyl (C=O) groups excluding carboxylic acids is 1. The number of benzene rings is 2. The standard InChI is InChI=1S/C24H28N4O4S/c1-16(2)25-23(29)19-7-4-6-18(14-19)22-26-24(32-27-22)20-8-5-13-28(15-20)33(30,31)21-11-9-17(3)10-12-21/h4,6-7,9-12,14,16,20H,5,8,13,15H2,1-3H3,(H,25,29). The van der Waals surface area contributed by atoms with Gasteiger partial charge in [-0.15, -0.1) is 0 Å². The van der Waals surface area contributed by atoms with E-state index in [1.54, 1.807) is 42.5 Å². The van der Waals surface area contributed by atoms with Gasteiger partial charge in [-0.05, 0) is 57.9 Å². The van der Waals surface area contributed by atoms with Crippen LogP contribution in [-0.2, 0) is 10.0 Å². The van der Waals surface area contributed by atoms with Crippen molar-refractivity contribution in [3.8, 4) is 11.4 Å². The van der Waals surface area contributed by atoms with E-state index in [0.29, 0.717) is 35.8 Å². The van der Waals surface area contributed by atoms with Gasteiger partial charge in [0.05, 0.1) is 10.8 Å². The Kier molecular flexibility index (Phi) is 6.62. The molecule has 0 bridgehead atoms. The van der Waals surface area contributed by atoms with Crippen LogP contribution < -0.4 is 5.32 Å². The Labute approximate surface area is 194 Å². The average Bonchev–Trinajstić information content (AvgIpc) is 3.30. The van der Waals surface area contributed by atoms with E-state index in [2.05, 4.69) is 15.5 Å². The number of hydrogen-bond donors (Lipinski definition) is 1. The molecule has 2 aromatic carbocycles. The highest BCUT2D eigenvalue weighted by Gasteiger charge is 2.33. The zero-order valence-corrected chi connectivity index (χ0v) is 19.8. The fraction of sp³-hybridized carbons (Fsp3) is 0.375. The predicted molar refractivity (Wildman–Crippen MR) is 124 cm³/mol. The maximum absolute atomic E-state index is 13.1. The van der Waals surface area contributed by atoms with Crippen LogP contribution in [-0.4, -0.2) is 47.9 Å². The lowest BCUT2D eigenvalue weighted by Gasteiger charge is -2.30. The molecule has 1 unspecified atom stereocenters. The Bertz CT molecular complexity index is 1240. The van der Waals surface area contributed by atoms with E-state index in [1.807, 2.05) is 26.8 Å². The van der Waals surface area contributed by atoms with Crippen molar-refractivity contribution in [1.29, 1.82) is 0 Å². The molecule has 9 heteroatoms. The zero-order valence-electron chi connectivity index (χ0n) is 19.0. The second kappa shape index (κ2) is 9.44. The maximum Gasteiger partial charge on any atom is 0.251 e. The van der Waals surface area contributed by atoms with Gasteiger partial charge in [0.25, 0.3) is 5.91 Å². The molecule has 0 aliphatic carbocycles. The van der Waals surface area contributed by atoms with Gasteiger partial charge in [0.15, 0.2) is 0 Å².